The van der Waals surface area contributed by atoms with Gasteiger partial charge in [-0.2, -0.15) is 13.2 Å². The molecular weight excluding hydrogens is 296 g/mol. The van der Waals surface area contributed by atoms with Crippen LogP contribution in [-0.2, 0) is 6.42 Å². The van der Waals surface area contributed by atoms with Crippen LogP contribution in [-0.4, -0.2) is 12.5 Å². The molecule has 5 heteroatoms. The van der Waals surface area contributed by atoms with Gasteiger partial charge >= 0.3 is 6.18 Å². The highest BCUT2D eigenvalue weighted by Crippen LogP contribution is 2.23. The third-order valence-electron chi connectivity index (χ3n) is 3.61. The summed E-state index contributed by atoms with van der Waals surface area (Å²) in [6.45, 7) is 0. The summed E-state index contributed by atoms with van der Waals surface area (Å²) in [5, 5.41) is 0. The molecule has 0 N–H and O–H groups in total. The van der Waals surface area contributed by atoms with Crippen LogP contribution >= 0.6 is 0 Å². The number of hydrogen-bond acceptors (Lipinski definition) is 1. The van der Waals surface area contributed by atoms with E-state index in [9.17, 15) is 22.4 Å². The molecule has 0 spiro atoms. The van der Waals surface area contributed by atoms with E-state index in [2.05, 4.69) is 0 Å². The Morgan fingerprint density at radius 3 is 2.09 bits per heavy atom. The first-order chi connectivity index (χ1) is 10.4. The van der Waals surface area contributed by atoms with Crippen LogP contribution in [0.5, 0.6) is 0 Å². The quantitative estimate of drug-likeness (QED) is 0.300. The highest BCUT2D eigenvalue weighted by molar-refractivity contribution is 5.74. The maximum absolute atomic E-state index is 13.5. The fourth-order valence-corrected chi connectivity index (χ4v) is 2.38. The average molecular weight is 318 g/mol. The molecule has 1 rings (SSSR count). The van der Waals surface area contributed by atoms with E-state index in [1.54, 1.807) is 6.07 Å². The van der Waals surface area contributed by atoms with Gasteiger partial charge in [0.1, 0.15) is 12.1 Å². The highest BCUT2D eigenvalue weighted by atomic mass is 19.4. The molecule has 0 aromatic heterocycles. The molecule has 1 aromatic rings. The van der Waals surface area contributed by atoms with Gasteiger partial charge in [-0.05, 0) is 43.0 Å². The zero-order valence-corrected chi connectivity index (χ0v) is 12.6. The van der Waals surface area contributed by atoms with E-state index in [-0.39, 0.29) is 12.2 Å². The van der Waals surface area contributed by atoms with E-state index in [1.807, 2.05) is 0 Å². The van der Waals surface area contributed by atoms with Crippen LogP contribution in [0.15, 0.2) is 18.2 Å². The van der Waals surface area contributed by atoms with Crippen molar-refractivity contribution >= 4 is 6.29 Å². The minimum absolute atomic E-state index is 0.202. The van der Waals surface area contributed by atoms with Gasteiger partial charge in [-0.1, -0.05) is 32.1 Å². The van der Waals surface area contributed by atoms with Crippen LogP contribution < -0.4 is 0 Å². The number of carbonyl (C=O) groups excluding carboxylic acids is 1. The van der Waals surface area contributed by atoms with Gasteiger partial charge in [-0.25, -0.2) is 4.39 Å². The van der Waals surface area contributed by atoms with Crippen molar-refractivity contribution in [2.24, 2.45) is 0 Å². The van der Waals surface area contributed by atoms with Gasteiger partial charge in [-0.15, -0.1) is 0 Å². The second-order valence-corrected chi connectivity index (χ2v) is 5.56. The van der Waals surface area contributed by atoms with E-state index >= 15 is 0 Å². The van der Waals surface area contributed by atoms with Crippen molar-refractivity contribution in [2.45, 2.75) is 64.0 Å². The molecule has 0 amide bonds. The van der Waals surface area contributed by atoms with Gasteiger partial charge in [0, 0.05) is 12.0 Å². The number of rotatable bonds is 10. The minimum atomic E-state index is -4.04. The fraction of sp³-hybridized carbons (Fsp3) is 0.588. The van der Waals surface area contributed by atoms with Crippen LogP contribution in [0, 0.1) is 5.82 Å². The molecule has 0 radical (unpaired) electrons. The maximum Gasteiger partial charge on any atom is 0.389 e. The van der Waals surface area contributed by atoms with Crippen molar-refractivity contribution in [3.63, 3.8) is 0 Å². The van der Waals surface area contributed by atoms with Crippen LogP contribution in [0.3, 0.4) is 0 Å². The summed E-state index contributed by atoms with van der Waals surface area (Å²) in [5.74, 6) is -0.294. The molecule has 22 heavy (non-hydrogen) atoms. The normalized spacial score (nSPS) is 11.6. The molecule has 0 aliphatic rings. The average Bonchev–Trinajstić information content (AvgIpc) is 2.46. The lowest BCUT2D eigenvalue weighted by atomic mass is 10.0. The number of hydrogen-bond donors (Lipinski definition) is 0. The predicted octanol–water partition coefficient (Wildman–Crippen LogP) is 5.86. The van der Waals surface area contributed by atoms with E-state index < -0.39 is 12.6 Å². The second-order valence-electron chi connectivity index (χ2n) is 5.56. The Balaban J connectivity index is 2.07. The number of aldehydes is 1. The summed E-state index contributed by atoms with van der Waals surface area (Å²) < 4.78 is 49.3. The summed E-state index contributed by atoms with van der Waals surface area (Å²) in [4.78, 5) is 10.6. The Kier molecular flexibility index (Phi) is 8.13. The monoisotopic (exact) mass is 318 g/mol. The van der Waals surface area contributed by atoms with Crippen molar-refractivity contribution < 1.29 is 22.4 Å². The Bertz CT molecular complexity index is 454. The smallest absolute Gasteiger partial charge is 0.298 e. The zero-order valence-electron chi connectivity index (χ0n) is 12.6. The molecule has 0 aliphatic carbocycles. The standard InChI is InChI=1S/C17H22F4O/c18-16-10-9-14(13-22)12-15(16)8-6-4-2-1-3-5-7-11-17(19,20)21/h9-10,12-13H,1-8,11H2. The first-order valence-electron chi connectivity index (χ1n) is 7.73. The van der Waals surface area contributed by atoms with Gasteiger partial charge in [0.05, 0.1) is 0 Å². The summed E-state index contributed by atoms with van der Waals surface area (Å²) >= 11 is 0. The first kappa shape index (κ1) is 18.7. The van der Waals surface area contributed by atoms with Crippen LogP contribution in [0.4, 0.5) is 17.6 Å². The van der Waals surface area contributed by atoms with Gasteiger partial charge in [0.15, 0.2) is 0 Å². The van der Waals surface area contributed by atoms with Crippen molar-refractivity contribution in [3.05, 3.63) is 35.1 Å². The zero-order chi connectivity index (χ0) is 16.4. The van der Waals surface area contributed by atoms with Crippen molar-refractivity contribution in [1.82, 2.24) is 0 Å². The first-order valence-corrected chi connectivity index (χ1v) is 7.73. The van der Waals surface area contributed by atoms with E-state index in [4.69, 9.17) is 0 Å². The molecule has 0 aliphatic heterocycles. The summed E-state index contributed by atoms with van der Waals surface area (Å²) in [6.07, 6.45) is 1.76. The van der Waals surface area contributed by atoms with E-state index in [1.165, 1.54) is 12.1 Å². The Morgan fingerprint density at radius 2 is 1.50 bits per heavy atom. The molecule has 0 fully saturated rings. The molecule has 0 unspecified atom stereocenters. The third kappa shape index (κ3) is 8.15. The molecule has 0 bridgehead atoms. The Labute approximate surface area is 128 Å². The Morgan fingerprint density at radius 1 is 0.909 bits per heavy atom. The molecule has 0 heterocycles. The fourth-order valence-electron chi connectivity index (χ4n) is 2.38. The molecule has 1 nitrogen and oxygen atoms in total. The largest absolute Gasteiger partial charge is 0.389 e. The number of benzene rings is 1. The highest BCUT2D eigenvalue weighted by Gasteiger charge is 2.25. The number of unbranched alkanes of at least 4 members (excludes halogenated alkanes) is 6. The van der Waals surface area contributed by atoms with Crippen LogP contribution in [0.2, 0.25) is 0 Å². The number of aryl methyl sites for hydroxylation is 1. The maximum atomic E-state index is 13.5. The number of carbonyl (C=O) groups is 1. The minimum Gasteiger partial charge on any atom is -0.298 e. The Hall–Kier alpha value is -1.39. The van der Waals surface area contributed by atoms with Crippen molar-refractivity contribution in [2.75, 3.05) is 0 Å². The van der Waals surface area contributed by atoms with Gasteiger partial charge in [0.2, 0.25) is 0 Å². The summed E-state index contributed by atoms with van der Waals surface area (Å²) in [7, 11) is 0. The molecule has 0 saturated carbocycles. The van der Waals surface area contributed by atoms with Crippen LogP contribution in [0.25, 0.3) is 0 Å². The lowest BCUT2D eigenvalue weighted by Gasteiger charge is -2.06. The van der Waals surface area contributed by atoms with E-state index in [0.717, 1.165) is 32.1 Å². The SMILES string of the molecule is O=Cc1ccc(F)c(CCCCCCCCCC(F)(F)F)c1. The number of halogens is 4. The van der Waals surface area contributed by atoms with Gasteiger partial charge in [-0.3, -0.25) is 4.79 Å². The predicted molar refractivity (Wildman–Crippen MR) is 78.5 cm³/mol. The molecular formula is C17H22F4O. The molecule has 0 atom stereocenters. The third-order valence-corrected chi connectivity index (χ3v) is 3.61. The molecule has 0 saturated heterocycles. The van der Waals surface area contributed by atoms with Gasteiger partial charge < -0.3 is 0 Å². The molecule has 1 aromatic carbocycles. The van der Waals surface area contributed by atoms with Gasteiger partial charge in [0.25, 0.3) is 0 Å². The summed E-state index contributed by atoms with van der Waals surface area (Å²) in [5.41, 5.74) is 1.02. The molecule has 124 valence electrons. The number of alkyl halides is 3. The lowest BCUT2D eigenvalue weighted by Crippen LogP contribution is -2.06. The lowest BCUT2D eigenvalue weighted by molar-refractivity contribution is -0.135. The van der Waals surface area contributed by atoms with Crippen LogP contribution in [0.1, 0.15) is 67.3 Å². The van der Waals surface area contributed by atoms with Crippen molar-refractivity contribution in [3.8, 4) is 0 Å². The van der Waals surface area contributed by atoms with E-state index in [0.29, 0.717) is 30.3 Å². The topological polar surface area (TPSA) is 17.1 Å². The second kappa shape index (κ2) is 9.59. The van der Waals surface area contributed by atoms with Crippen molar-refractivity contribution in [1.29, 1.82) is 0 Å². The summed E-state index contributed by atoms with van der Waals surface area (Å²) in [6, 6.07) is 4.33.